The fraction of sp³-hybridized carbons (Fsp3) is 0.200. The lowest BCUT2D eigenvalue weighted by atomic mass is 10.1. The second-order valence-corrected chi connectivity index (χ2v) is 4.38. The molecule has 0 spiro atoms. The molecule has 98 valence electrons. The van der Waals surface area contributed by atoms with E-state index in [1.807, 2.05) is 24.3 Å². The maximum absolute atomic E-state index is 12.0. The summed E-state index contributed by atoms with van der Waals surface area (Å²) in [5, 5.41) is 2.73. The molecule has 0 aliphatic heterocycles. The average Bonchev–Trinajstić information content (AvgIpc) is 2.42. The van der Waals surface area contributed by atoms with E-state index in [9.17, 15) is 4.79 Å². The molecule has 1 aromatic heterocycles. The first-order chi connectivity index (χ1) is 9.19. The number of carbonyl (C=O) groups excluding carboxylic acids is 1. The Labute approximate surface area is 112 Å². The lowest BCUT2D eigenvalue weighted by Crippen LogP contribution is -2.12. The summed E-state index contributed by atoms with van der Waals surface area (Å²) in [5.41, 5.74) is 7.97. The Morgan fingerprint density at radius 2 is 1.95 bits per heavy atom. The molecule has 1 amide bonds. The van der Waals surface area contributed by atoms with Crippen LogP contribution in [-0.2, 0) is 6.42 Å². The van der Waals surface area contributed by atoms with E-state index in [2.05, 4.69) is 17.2 Å². The van der Waals surface area contributed by atoms with Crippen molar-refractivity contribution in [3.63, 3.8) is 0 Å². The topological polar surface area (TPSA) is 68.0 Å². The standard InChI is InChI=1S/C15H17N3O/c1-2-3-11-4-6-12(7-5-11)15(19)18-14-9-8-13(16)10-17-14/h4-10H,2-3,16H2,1H3,(H,17,18,19). The van der Waals surface area contributed by atoms with Crippen LogP contribution in [-0.4, -0.2) is 10.9 Å². The Kier molecular flexibility index (Phi) is 4.13. The maximum atomic E-state index is 12.0. The van der Waals surface area contributed by atoms with Crippen molar-refractivity contribution in [1.82, 2.24) is 4.98 Å². The van der Waals surface area contributed by atoms with Crippen LogP contribution in [0.2, 0.25) is 0 Å². The van der Waals surface area contributed by atoms with Crippen LogP contribution in [0.5, 0.6) is 0 Å². The van der Waals surface area contributed by atoms with Crippen molar-refractivity contribution in [2.24, 2.45) is 0 Å². The van der Waals surface area contributed by atoms with Gasteiger partial charge in [0, 0.05) is 5.56 Å². The summed E-state index contributed by atoms with van der Waals surface area (Å²) in [6, 6.07) is 11.0. The Morgan fingerprint density at radius 1 is 1.21 bits per heavy atom. The van der Waals surface area contributed by atoms with E-state index in [1.165, 1.54) is 11.8 Å². The summed E-state index contributed by atoms with van der Waals surface area (Å²) in [4.78, 5) is 16.0. The molecule has 0 saturated heterocycles. The molecule has 4 nitrogen and oxygen atoms in total. The van der Waals surface area contributed by atoms with Gasteiger partial charge in [-0.2, -0.15) is 0 Å². The minimum absolute atomic E-state index is 0.166. The molecule has 2 aromatic rings. The van der Waals surface area contributed by atoms with Crippen LogP contribution >= 0.6 is 0 Å². The van der Waals surface area contributed by atoms with Crippen molar-refractivity contribution in [2.75, 3.05) is 11.1 Å². The van der Waals surface area contributed by atoms with E-state index in [0.717, 1.165) is 12.8 Å². The van der Waals surface area contributed by atoms with Crippen molar-refractivity contribution in [3.8, 4) is 0 Å². The highest BCUT2D eigenvalue weighted by Crippen LogP contribution is 2.10. The van der Waals surface area contributed by atoms with Crippen molar-refractivity contribution >= 4 is 17.4 Å². The number of nitrogens with one attached hydrogen (secondary N) is 1. The van der Waals surface area contributed by atoms with Crippen LogP contribution in [0.1, 0.15) is 29.3 Å². The number of amides is 1. The van der Waals surface area contributed by atoms with Crippen LogP contribution in [0.25, 0.3) is 0 Å². The number of carbonyl (C=O) groups is 1. The van der Waals surface area contributed by atoms with Crippen LogP contribution < -0.4 is 11.1 Å². The minimum atomic E-state index is -0.166. The molecule has 0 radical (unpaired) electrons. The molecule has 1 aromatic carbocycles. The summed E-state index contributed by atoms with van der Waals surface area (Å²) in [6.07, 6.45) is 3.64. The molecule has 3 N–H and O–H groups in total. The van der Waals surface area contributed by atoms with E-state index >= 15 is 0 Å². The largest absolute Gasteiger partial charge is 0.397 e. The number of nitrogen functional groups attached to an aromatic ring is 1. The summed E-state index contributed by atoms with van der Waals surface area (Å²) in [6.45, 7) is 2.13. The van der Waals surface area contributed by atoms with Gasteiger partial charge >= 0.3 is 0 Å². The smallest absolute Gasteiger partial charge is 0.256 e. The molecule has 2 rings (SSSR count). The molecular weight excluding hydrogens is 238 g/mol. The van der Waals surface area contributed by atoms with Gasteiger partial charge in [-0.3, -0.25) is 4.79 Å². The SMILES string of the molecule is CCCc1ccc(C(=O)Nc2ccc(N)cn2)cc1. The molecule has 0 aliphatic rings. The molecular formula is C15H17N3O. The third-order valence-electron chi connectivity index (χ3n) is 2.78. The van der Waals surface area contributed by atoms with Gasteiger partial charge in [0.15, 0.2) is 0 Å². The van der Waals surface area contributed by atoms with Gasteiger partial charge in [0.2, 0.25) is 0 Å². The normalized spacial score (nSPS) is 10.2. The fourth-order valence-electron chi connectivity index (χ4n) is 1.78. The fourth-order valence-corrected chi connectivity index (χ4v) is 1.78. The van der Waals surface area contributed by atoms with E-state index < -0.39 is 0 Å². The van der Waals surface area contributed by atoms with Crippen molar-refractivity contribution in [2.45, 2.75) is 19.8 Å². The quantitative estimate of drug-likeness (QED) is 0.882. The number of benzene rings is 1. The Hall–Kier alpha value is -2.36. The second-order valence-electron chi connectivity index (χ2n) is 4.38. The maximum Gasteiger partial charge on any atom is 0.256 e. The molecule has 0 saturated carbocycles. The monoisotopic (exact) mass is 255 g/mol. The van der Waals surface area contributed by atoms with E-state index in [4.69, 9.17) is 5.73 Å². The minimum Gasteiger partial charge on any atom is -0.397 e. The number of hydrogen-bond acceptors (Lipinski definition) is 3. The van der Waals surface area contributed by atoms with Crippen molar-refractivity contribution in [3.05, 3.63) is 53.7 Å². The van der Waals surface area contributed by atoms with Gasteiger partial charge in [0.05, 0.1) is 11.9 Å². The Bertz CT molecular complexity index is 547. The highest BCUT2D eigenvalue weighted by molar-refractivity contribution is 6.03. The molecule has 1 heterocycles. The van der Waals surface area contributed by atoms with Crippen LogP contribution in [0.15, 0.2) is 42.6 Å². The summed E-state index contributed by atoms with van der Waals surface area (Å²) < 4.78 is 0. The number of pyridine rings is 1. The van der Waals surface area contributed by atoms with E-state index in [0.29, 0.717) is 17.1 Å². The van der Waals surface area contributed by atoms with Gasteiger partial charge in [-0.05, 0) is 36.2 Å². The van der Waals surface area contributed by atoms with Crippen LogP contribution in [0.3, 0.4) is 0 Å². The van der Waals surface area contributed by atoms with E-state index in [1.54, 1.807) is 12.1 Å². The zero-order valence-electron chi connectivity index (χ0n) is 10.9. The predicted molar refractivity (Wildman–Crippen MR) is 77.0 cm³/mol. The highest BCUT2D eigenvalue weighted by atomic mass is 16.1. The van der Waals surface area contributed by atoms with Gasteiger partial charge in [-0.25, -0.2) is 4.98 Å². The summed E-state index contributed by atoms with van der Waals surface area (Å²) in [7, 11) is 0. The van der Waals surface area contributed by atoms with Crippen molar-refractivity contribution in [1.29, 1.82) is 0 Å². The number of nitrogens with zero attached hydrogens (tertiary/aromatic N) is 1. The summed E-state index contributed by atoms with van der Waals surface area (Å²) in [5.74, 6) is 0.331. The summed E-state index contributed by atoms with van der Waals surface area (Å²) >= 11 is 0. The van der Waals surface area contributed by atoms with Gasteiger partial charge in [-0.15, -0.1) is 0 Å². The number of anilines is 2. The molecule has 0 fully saturated rings. The highest BCUT2D eigenvalue weighted by Gasteiger charge is 2.06. The Morgan fingerprint density at radius 3 is 2.53 bits per heavy atom. The molecule has 4 heteroatoms. The lowest BCUT2D eigenvalue weighted by molar-refractivity contribution is 0.102. The number of rotatable bonds is 4. The van der Waals surface area contributed by atoms with Crippen LogP contribution in [0, 0.1) is 0 Å². The third-order valence-corrected chi connectivity index (χ3v) is 2.78. The zero-order valence-corrected chi connectivity index (χ0v) is 10.9. The first-order valence-corrected chi connectivity index (χ1v) is 6.31. The van der Waals surface area contributed by atoms with Gasteiger partial charge in [-0.1, -0.05) is 25.5 Å². The van der Waals surface area contributed by atoms with Gasteiger partial charge < -0.3 is 11.1 Å². The van der Waals surface area contributed by atoms with Crippen LogP contribution in [0.4, 0.5) is 11.5 Å². The zero-order chi connectivity index (χ0) is 13.7. The third kappa shape index (κ3) is 3.55. The second kappa shape index (κ2) is 6.00. The Balaban J connectivity index is 2.05. The number of aromatic nitrogens is 1. The molecule has 0 bridgehead atoms. The van der Waals surface area contributed by atoms with Gasteiger partial charge in [0.25, 0.3) is 5.91 Å². The van der Waals surface area contributed by atoms with Gasteiger partial charge in [0.1, 0.15) is 5.82 Å². The number of nitrogens with two attached hydrogens (primary N) is 1. The molecule has 0 aliphatic carbocycles. The van der Waals surface area contributed by atoms with Crippen molar-refractivity contribution < 1.29 is 4.79 Å². The van der Waals surface area contributed by atoms with E-state index in [-0.39, 0.29) is 5.91 Å². The predicted octanol–water partition coefficient (Wildman–Crippen LogP) is 2.87. The first-order valence-electron chi connectivity index (χ1n) is 6.31. The lowest BCUT2D eigenvalue weighted by Gasteiger charge is -2.05. The molecule has 19 heavy (non-hydrogen) atoms. The first kappa shape index (κ1) is 13.1. The molecule has 0 atom stereocenters. The average molecular weight is 255 g/mol. The number of aryl methyl sites for hydroxylation is 1. The number of hydrogen-bond donors (Lipinski definition) is 2. The molecule has 0 unspecified atom stereocenters.